The van der Waals surface area contributed by atoms with Crippen molar-refractivity contribution >= 4 is 52.3 Å². The lowest BCUT2D eigenvalue weighted by molar-refractivity contribution is 0.221. The van der Waals surface area contributed by atoms with E-state index in [-0.39, 0.29) is 17.0 Å². The third-order valence-electron chi connectivity index (χ3n) is 2.45. The van der Waals surface area contributed by atoms with E-state index < -0.39 is 0 Å². The van der Waals surface area contributed by atoms with Gasteiger partial charge in [-0.2, -0.15) is 0 Å². The Bertz CT molecular complexity index is 551. The molecule has 0 aliphatic rings. The predicted octanol–water partition coefficient (Wildman–Crippen LogP) is 5.28. The van der Waals surface area contributed by atoms with E-state index in [1.54, 1.807) is 19.1 Å². The monoisotopic (exact) mass is 401 g/mol. The van der Waals surface area contributed by atoms with Gasteiger partial charge >= 0.3 is 0 Å². The van der Waals surface area contributed by atoms with Crippen molar-refractivity contribution in [1.82, 2.24) is 0 Å². The number of ether oxygens (including phenoxy) is 3. The zero-order valence-electron chi connectivity index (χ0n) is 12.2. The highest BCUT2D eigenvalue weighted by Gasteiger charge is 2.10. The van der Waals surface area contributed by atoms with Crippen molar-refractivity contribution in [3.05, 3.63) is 32.7 Å². The quantitative estimate of drug-likeness (QED) is 0.211. The standard InChI is InChI=1S/C14H15Cl4NO4/c1-9(19-20)21-4-2-5-23-14-11(15)7-10(8-12(14)16)22-6-3-13(17)18/h3,7-8,20H,2,4-6H2,1H3. The first-order valence-electron chi connectivity index (χ1n) is 6.51. The molecule has 1 aromatic rings. The van der Waals surface area contributed by atoms with Crippen LogP contribution in [0.5, 0.6) is 11.5 Å². The summed E-state index contributed by atoms with van der Waals surface area (Å²) in [4.78, 5) is 0. The Labute approximate surface area is 154 Å². The fourth-order valence-electron chi connectivity index (χ4n) is 1.44. The molecule has 0 unspecified atom stereocenters. The Kier molecular flexibility index (Phi) is 9.33. The second-order valence-electron chi connectivity index (χ2n) is 4.19. The van der Waals surface area contributed by atoms with Crippen LogP contribution in [0, 0.1) is 0 Å². The molecule has 0 saturated heterocycles. The zero-order valence-corrected chi connectivity index (χ0v) is 15.2. The maximum absolute atomic E-state index is 8.43. The SMILES string of the molecule is CC(=NO)OCCCOc1c(Cl)cc(OCC=C(Cl)Cl)cc1Cl. The van der Waals surface area contributed by atoms with Crippen molar-refractivity contribution in [1.29, 1.82) is 0 Å². The first-order valence-corrected chi connectivity index (χ1v) is 8.02. The lowest BCUT2D eigenvalue weighted by atomic mass is 10.3. The lowest BCUT2D eigenvalue weighted by Gasteiger charge is -2.12. The fourth-order valence-corrected chi connectivity index (χ4v) is 2.14. The van der Waals surface area contributed by atoms with E-state index in [1.807, 2.05) is 0 Å². The molecule has 9 heteroatoms. The molecular formula is C14H15Cl4NO4. The summed E-state index contributed by atoms with van der Waals surface area (Å²) in [6.45, 7) is 2.42. The second-order valence-corrected chi connectivity index (χ2v) is 6.01. The number of hydrogen-bond acceptors (Lipinski definition) is 5. The van der Waals surface area contributed by atoms with Crippen LogP contribution in [0.15, 0.2) is 27.9 Å². The summed E-state index contributed by atoms with van der Waals surface area (Å²) in [6.07, 6.45) is 2.06. The first kappa shape index (κ1) is 20.0. The van der Waals surface area contributed by atoms with Crippen LogP contribution in [-0.4, -0.2) is 30.9 Å². The van der Waals surface area contributed by atoms with Crippen LogP contribution in [0.2, 0.25) is 10.0 Å². The van der Waals surface area contributed by atoms with Crippen LogP contribution >= 0.6 is 46.4 Å². The molecule has 0 fully saturated rings. The van der Waals surface area contributed by atoms with Gasteiger partial charge in [0, 0.05) is 25.5 Å². The van der Waals surface area contributed by atoms with Gasteiger partial charge in [-0.3, -0.25) is 0 Å². The number of oxime groups is 1. The Morgan fingerprint density at radius 3 is 2.39 bits per heavy atom. The smallest absolute Gasteiger partial charge is 0.222 e. The van der Waals surface area contributed by atoms with Crippen LogP contribution in [0.1, 0.15) is 13.3 Å². The number of nitrogens with zero attached hydrogens (tertiary/aromatic N) is 1. The van der Waals surface area contributed by atoms with Crippen LogP contribution in [0.3, 0.4) is 0 Å². The average molecular weight is 403 g/mol. The third-order valence-corrected chi connectivity index (χ3v) is 3.32. The predicted molar refractivity (Wildman–Crippen MR) is 92.7 cm³/mol. The van der Waals surface area contributed by atoms with Gasteiger partial charge in [-0.1, -0.05) is 51.6 Å². The Morgan fingerprint density at radius 2 is 1.83 bits per heavy atom. The maximum atomic E-state index is 8.43. The minimum atomic E-state index is 0.117. The zero-order chi connectivity index (χ0) is 17.2. The highest BCUT2D eigenvalue weighted by molar-refractivity contribution is 6.55. The molecule has 0 atom stereocenters. The summed E-state index contributed by atoms with van der Waals surface area (Å²) >= 11 is 23.2. The normalized spacial score (nSPS) is 11.1. The molecule has 0 aliphatic heterocycles. The van der Waals surface area contributed by atoms with Crippen molar-refractivity contribution < 1.29 is 19.4 Å². The van der Waals surface area contributed by atoms with Crippen molar-refractivity contribution in [3.8, 4) is 11.5 Å². The molecule has 0 aromatic heterocycles. The van der Waals surface area contributed by atoms with Crippen molar-refractivity contribution in [2.45, 2.75) is 13.3 Å². The second kappa shape index (κ2) is 10.7. The number of rotatable bonds is 8. The molecule has 0 heterocycles. The van der Waals surface area contributed by atoms with Crippen LogP contribution in [-0.2, 0) is 4.74 Å². The topological polar surface area (TPSA) is 60.3 Å². The molecule has 0 aliphatic carbocycles. The fraction of sp³-hybridized carbons (Fsp3) is 0.357. The summed E-state index contributed by atoms with van der Waals surface area (Å²) in [5.74, 6) is 1.02. The van der Waals surface area contributed by atoms with Gasteiger partial charge in [-0.15, -0.1) is 0 Å². The Balaban J connectivity index is 2.52. The van der Waals surface area contributed by atoms with E-state index in [9.17, 15) is 0 Å². The minimum Gasteiger partial charge on any atom is -0.490 e. The summed E-state index contributed by atoms with van der Waals surface area (Å²) in [5.41, 5.74) is 0. The molecule has 0 amide bonds. The highest BCUT2D eigenvalue weighted by Crippen LogP contribution is 2.37. The van der Waals surface area contributed by atoms with E-state index >= 15 is 0 Å². The number of halogens is 4. The molecule has 1 rings (SSSR count). The third kappa shape index (κ3) is 7.88. The van der Waals surface area contributed by atoms with Gasteiger partial charge in [-0.05, 0) is 6.08 Å². The minimum absolute atomic E-state index is 0.117. The van der Waals surface area contributed by atoms with Gasteiger partial charge in [0.05, 0.1) is 23.3 Å². The summed E-state index contributed by atoms with van der Waals surface area (Å²) in [6, 6.07) is 3.16. The van der Waals surface area contributed by atoms with Gasteiger partial charge < -0.3 is 19.4 Å². The molecular weight excluding hydrogens is 388 g/mol. The molecule has 5 nitrogen and oxygen atoms in total. The number of benzene rings is 1. The Morgan fingerprint density at radius 1 is 1.17 bits per heavy atom. The van der Waals surface area contributed by atoms with Crippen LogP contribution in [0.25, 0.3) is 0 Å². The highest BCUT2D eigenvalue weighted by atomic mass is 35.5. The van der Waals surface area contributed by atoms with Crippen molar-refractivity contribution in [2.24, 2.45) is 5.16 Å². The molecule has 23 heavy (non-hydrogen) atoms. The van der Waals surface area contributed by atoms with Gasteiger partial charge in [-0.25, -0.2) is 0 Å². The Hall–Kier alpha value is -1.01. The summed E-state index contributed by atoms with van der Waals surface area (Å²) in [7, 11) is 0. The van der Waals surface area contributed by atoms with Gasteiger partial charge in [0.25, 0.3) is 0 Å². The van der Waals surface area contributed by atoms with Crippen molar-refractivity contribution in [2.75, 3.05) is 19.8 Å². The van der Waals surface area contributed by atoms with Crippen LogP contribution in [0.4, 0.5) is 0 Å². The summed E-state index contributed by atoms with van der Waals surface area (Å²) < 4.78 is 16.1. The molecule has 0 spiro atoms. The van der Waals surface area contributed by atoms with E-state index in [0.717, 1.165) is 0 Å². The van der Waals surface area contributed by atoms with Crippen LogP contribution < -0.4 is 9.47 Å². The van der Waals surface area contributed by atoms with Crippen molar-refractivity contribution in [3.63, 3.8) is 0 Å². The van der Waals surface area contributed by atoms with E-state index in [1.165, 1.54) is 6.08 Å². The largest absolute Gasteiger partial charge is 0.490 e. The van der Waals surface area contributed by atoms with E-state index in [0.29, 0.717) is 41.2 Å². The average Bonchev–Trinajstić information content (AvgIpc) is 2.48. The molecule has 0 saturated carbocycles. The van der Waals surface area contributed by atoms with Gasteiger partial charge in [0.1, 0.15) is 16.8 Å². The molecule has 0 radical (unpaired) electrons. The number of hydrogen-bond donors (Lipinski definition) is 1. The molecule has 128 valence electrons. The van der Waals surface area contributed by atoms with Gasteiger partial charge in [0.2, 0.25) is 5.90 Å². The molecule has 0 bridgehead atoms. The maximum Gasteiger partial charge on any atom is 0.222 e. The first-order chi connectivity index (χ1) is 10.9. The van der Waals surface area contributed by atoms with E-state index in [2.05, 4.69) is 5.16 Å². The van der Waals surface area contributed by atoms with E-state index in [4.69, 9.17) is 65.8 Å². The lowest BCUT2D eigenvalue weighted by Crippen LogP contribution is -2.06. The van der Waals surface area contributed by atoms with Gasteiger partial charge in [0.15, 0.2) is 5.75 Å². The molecule has 1 aromatic carbocycles. The summed E-state index contributed by atoms with van der Waals surface area (Å²) in [5, 5.41) is 12.0. The molecule has 1 N–H and O–H groups in total.